The summed E-state index contributed by atoms with van der Waals surface area (Å²) in [5, 5.41) is 13.9. The first-order chi connectivity index (χ1) is 9.97. The highest BCUT2D eigenvalue weighted by molar-refractivity contribution is 5.93. The lowest BCUT2D eigenvalue weighted by atomic mass is 10.1. The molecule has 3 atom stereocenters. The minimum absolute atomic E-state index is 0.0853. The van der Waals surface area contributed by atoms with Gasteiger partial charge in [-0.3, -0.25) is 14.8 Å². The van der Waals surface area contributed by atoms with Crippen molar-refractivity contribution in [2.24, 2.45) is 0 Å². The molecule has 0 aliphatic carbocycles. The van der Waals surface area contributed by atoms with E-state index in [1.54, 1.807) is 19.2 Å². The van der Waals surface area contributed by atoms with Gasteiger partial charge >= 0.3 is 0 Å². The van der Waals surface area contributed by atoms with E-state index < -0.39 is 0 Å². The molecule has 0 fully saturated rings. The Labute approximate surface area is 123 Å². The molecular formula is C14H21N5O2. The number of anilines is 1. The Balaban J connectivity index is 1.88. The van der Waals surface area contributed by atoms with E-state index in [1.165, 1.54) is 0 Å². The summed E-state index contributed by atoms with van der Waals surface area (Å²) in [6.45, 7) is 7.68. The van der Waals surface area contributed by atoms with E-state index in [9.17, 15) is 4.79 Å². The number of nitrogens with zero attached hydrogens (tertiary/aromatic N) is 3. The second-order valence-corrected chi connectivity index (χ2v) is 5.23. The van der Waals surface area contributed by atoms with E-state index in [-0.39, 0.29) is 24.0 Å². The quantitative estimate of drug-likeness (QED) is 0.847. The first kappa shape index (κ1) is 15.2. The zero-order chi connectivity index (χ0) is 15.4. The largest absolute Gasteiger partial charge is 0.338 e. The van der Waals surface area contributed by atoms with Crippen molar-refractivity contribution >= 4 is 11.8 Å². The average Bonchev–Trinajstić information content (AvgIpc) is 3.09. The molecule has 114 valence electrons. The fourth-order valence-electron chi connectivity index (χ4n) is 2.01. The summed E-state index contributed by atoms with van der Waals surface area (Å²) in [4.78, 5) is 12.1. The fraction of sp³-hybridized carbons (Fsp3) is 0.500. The van der Waals surface area contributed by atoms with E-state index >= 15 is 0 Å². The number of rotatable bonds is 6. The van der Waals surface area contributed by atoms with Crippen LogP contribution in [0, 0.1) is 6.92 Å². The lowest BCUT2D eigenvalue weighted by molar-refractivity contribution is -0.118. The molecule has 0 aromatic carbocycles. The molecule has 2 aromatic rings. The van der Waals surface area contributed by atoms with Crippen LogP contribution < -0.4 is 10.6 Å². The van der Waals surface area contributed by atoms with Crippen LogP contribution in [0.5, 0.6) is 0 Å². The smallest absolute Gasteiger partial charge is 0.243 e. The Morgan fingerprint density at radius 3 is 2.71 bits per heavy atom. The summed E-state index contributed by atoms with van der Waals surface area (Å²) in [7, 11) is 0. The molecule has 7 heteroatoms. The summed E-state index contributed by atoms with van der Waals surface area (Å²) < 4.78 is 6.84. The molecular weight excluding hydrogens is 270 g/mol. The van der Waals surface area contributed by atoms with Crippen LogP contribution in [0.4, 0.5) is 5.88 Å². The molecule has 0 aliphatic rings. The normalized spacial score (nSPS) is 15.4. The van der Waals surface area contributed by atoms with Gasteiger partial charge in [-0.2, -0.15) is 5.10 Å². The summed E-state index contributed by atoms with van der Waals surface area (Å²) in [5.41, 5.74) is 0.728. The molecule has 2 rings (SSSR count). The van der Waals surface area contributed by atoms with Gasteiger partial charge in [0.1, 0.15) is 0 Å². The standard InChI is InChI=1S/C14H21N5O2/c1-9-8-13(21-18-9)17-14(20)11(3)16-10(2)12(4)19-7-5-6-15-19/h5-8,10-12,16H,1-4H3,(H,17,20)/t10-,11+,12-/m1/s1. The van der Waals surface area contributed by atoms with Crippen LogP contribution in [0.2, 0.25) is 0 Å². The third kappa shape index (κ3) is 3.91. The van der Waals surface area contributed by atoms with Crippen LogP contribution in [-0.2, 0) is 4.79 Å². The molecule has 0 unspecified atom stereocenters. The lowest BCUT2D eigenvalue weighted by Crippen LogP contribution is -2.45. The highest BCUT2D eigenvalue weighted by Gasteiger charge is 2.21. The van der Waals surface area contributed by atoms with Crippen molar-refractivity contribution in [3.8, 4) is 0 Å². The fourth-order valence-corrected chi connectivity index (χ4v) is 2.01. The molecule has 0 aliphatic heterocycles. The van der Waals surface area contributed by atoms with Gasteiger partial charge in [-0.15, -0.1) is 0 Å². The Bertz CT molecular complexity index is 578. The van der Waals surface area contributed by atoms with Gasteiger partial charge in [-0.05, 0) is 33.8 Å². The highest BCUT2D eigenvalue weighted by Crippen LogP contribution is 2.11. The predicted octanol–water partition coefficient (Wildman–Crippen LogP) is 1.75. The van der Waals surface area contributed by atoms with Gasteiger partial charge < -0.3 is 9.84 Å². The number of carbonyl (C=O) groups is 1. The van der Waals surface area contributed by atoms with Gasteiger partial charge in [0.15, 0.2) is 0 Å². The molecule has 1 amide bonds. The van der Waals surface area contributed by atoms with Crippen molar-refractivity contribution in [1.82, 2.24) is 20.3 Å². The van der Waals surface area contributed by atoms with Crippen LogP contribution in [-0.4, -0.2) is 32.9 Å². The van der Waals surface area contributed by atoms with Crippen molar-refractivity contribution in [3.63, 3.8) is 0 Å². The maximum atomic E-state index is 12.1. The first-order valence-electron chi connectivity index (χ1n) is 6.96. The lowest BCUT2D eigenvalue weighted by Gasteiger charge is -2.24. The summed E-state index contributed by atoms with van der Waals surface area (Å²) in [5.74, 6) is 0.199. The zero-order valence-electron chi connectivity index (χ0n) is 12.7. The topological polar surface area (TPSA) is 85.0 Å². The van der Waals surface area contributed by atoms with Gasteiger partial charge in [0.25, 0.3) is 0 Å². The average molecular weight is 291 g/mol. The number of nitrogens with one attached hydrogen (secondary N) is 2. The molecule has 2 heterocycles. The second-order valence-electron chi connectivity index (χ2n) is 5.23. The molecule has 0 spiro atoms. The van der Waals surface area contributed by atoms with Crippen molar-refractivity contribution in [3.05, 3.63) is 30.2 Å². The van der Waals surface area contributed by atoms with Crippen LogP contribution in [0.15, 0.2) is 29.0 Å². The number of hydrogen-bond acceptors (Lipinski definition) is 5. The summed E-state index contributed by atoms with van der Waals surface area (Å²) in [6, 6.07) is 3.43. The van der Waals surface area contributed by atoms with Gasteiger partial charge in [0, 0.05) is 24.5 Å². The number of amides is 1. The number of carbonyl (C=O) groups excluding carboxylic acids is 1. The van der Waals surface area contributed by atoms with Gasteiger partial charge in [-0.25, -0.2) is 0 Å². The molecule has 0 saturated carbocycles. The maximum absolute atomic E-state index is 12.1. The third-order valence-electron chi connectivity index (χ3n) is 3.45. The molecule has 7 nitrogen and oxygen atoms in total. The van der Waals surface area contributed by atoms with E-state index in [4.69, 9.17) is 4.52 Å². The number of hydrogen-bond donors (Lipinski definition) is 2. The monoisotopic (exact) mass is 291 g/mol. The molecule has 2 aromatic heterocycles. The maximum Gasteiger partial charge on any atom is 0.243 e. The SMILES string of the molecule is Cc1cc(NC(=O)[C@H](C)N[C@H](C)[C@@H](C)n2cccn2)on1. The van der Waals surface area contributed by atoms with Gasteiger partial charge in [0.05, 0.1) is 17.8 Å². The Morgan fingerprint density at radius 2 is 2.14 bits per heavy atom. The number of aryl methyl sites for hydroxylation is 1. The second kappa shape index (κ2) is 6.53. The van der Waals surface area contributed by atoms with Crippen LogP contribution in [0.3, 0.4) is 0 Å². The van der Waals surface area contributed by atoms with Gasteiger partial charge in [-0.1, -0.05) is 5.16 Å². The molecule has 0 radical (unpaired) electrons. The predicted molar refractivity (Wildman–Crippen MR) is 78.9 cm³/mol. The van der Waals surface area contributed by atoms with Crippen molar-refractivity contribution in [2.75, 3.05) is 5.32 Å². The van der Waals surface area contributed by atoms with Gasteiger partial charge in [0.2, 0.25) is 11.8 Å². The van der Waals surface area contributed by atoms with E-state index in [0.29, 0.717) is 5.88 Å². The van der Waals surface area contributed by atoms with Crippen LogP contribution in [0.25, 0.3) is 0 Å². The first-order valence-corrected chi connectivity index (χ1v) is 6.96. The van der Waals surface area contributed by atoms with Crippen molar-refractivity contribution in [2.45, 2.75) is 45.8 Å². The summed E-state index contributed by atoms with van der Waals surface area (Å²) >= 11 is 0. The highest BCUT2D eigenvalue weighted by atomic mass is 16.5. The molecule has 2 N–H and O–H groups in total. The minimum atomic E-state index is -0.358. The van der Waals surface area contributed by atoms with Crippen LogP contribution in [0.1, 0.15) is 32.5 Å². The van der Waals surface area contributed by atoms with E-state index in [1.807, 2.05) is 30.8 Å². The number of aromatic nitrogens is 3. The zero-order valence-corrected chi connectivity index (χ0v) is 12.7. The van der Waals surface area contributed by atoms with E-state index in [2.05, 4.69) is 27.8 Å². The molecule has 0 bridgehead atoms. The van der Waals surface area contributed by atoms with Crippen molar-refractivity contribution < 1.29 is 9.32 Å². The summed E-state index contributed by atoms with van der Waals surface area (Å²) in [6.07, 6.45) is 3.65. The minimum Gasteiger partial charge on any atom is -0.338 e. The van der Waals surface area contributed by atoms with Crippen molar-refractivity contribution in [1.29, 1.82) is 0 Å². The van der Waals surface area contributed by atoms with E-state index in [0.717, 1.165) is 5.69 Å². The Kier molecular flexibility index (Phi) is 4.74. The third-order valence-corrected chi connectivity index (χ3v) is 3.45. The van der Waals surface area contributed by atoms with Crippen LogP contribution >= 0.6 is 0 Å². The molecule has 21 heavy (non-hydrogen) atoms. The molecule has 0 saturated heterocycles. The Morgan fingerprint density at radius 1 is 1.38 bits per heavy atom. The Hall–Kier alpha value is -2.15.